The number of carbonyl (C=O) groups excluding carboxylic acids is 1. The summed E-state index contributed by atoms with van der Waals surface area (Å²) in [6.07, 6.45) is 3.38. The minimum absolute atomic E-state index is 0. The highest BCUT2D eigenvalue weighted by atomic mass is 35.5. The van der Waals surface area contributed by atoms with Crippen LogP contribution < -0.4 is 16.4 Å². The van der Waals surface area contributed by atoms with Crippen LogP contribution in [0.4, 0.5) is 15.9 Å². The van der Waals surface area contributed by atoms with Crippen molar-refractivity contribution in [3.8, 4) is 0 Å². The first-order valence-electron chi connectivity index (χ1n) is 7.85. The Bertz CT molecular complexity index is 979. The fraction of sp³-hybridized carbons (Fsp3) is 0.250. The van der Waals surface area contributed by atoms with Gasteiger partial charge in [-0.05, 0) is 30.2 Å². The molecule has 0 unspecified atom stereocenters. The Labute approximate surface area is 166 Å². The molecular formula is C16H18Cl2FN7O. The van der Waals surface area contributed by atoms with Gasteiger partial charge in [-0.25, -0.2) is 19.3 Å². The van der Waals surface area contributed by atoms with E-state index >= 15 is 0 Å². The maximum absolute atomic E-state index is 14.6. The van der Waals surface area contributed by atoms with Crippen molar-refractivity contribution in [2.75, 3.05) is 17.6 Å². The van der Waals surface area contributed by atoms with E-state index in [1.807, 2.05) is 6.07 Å². The van der Waals surface area contributed by atoms with E-state index in [4.69, 9.17) is 5.73 Å². The van der Waals surface area contributed by atoms with Crippen molar-refractivity contribution in [3.63, 3.8) is 0 Å². The highest BCUT2D eigenvalue weighted by molar-refractivity contribution is 5.92. The van der Waals surface area contributed by atoms with Crippen LogP contribution in [-0.4, -0.2) is 32.0 Å². The fourth-order valence-electron chi connectivity index (χ4n) is 2.99. The number of fused-ring (bicyclic) bond motifs is 2. The number of nitrogens with one attached hydrogen (secondary N) is 2. The molecule has 1 aromatic carbocycles. The average molecular weight is 414 g/mol. The van der Waals surface area contributed by atoms with E-state index in [9.17, 15) is 9.18 Å². The molecule has 4 N–H and O–H groups in total. The predicted molar refractivity (Wildman–Crippen MR) is 105 cm³/mol. The van der Waals surface area contributed by atoms with Crippen LogP contribution in [-0.2, 0) is 24.3 Å². The number of hydrogen-bond acceptors (Lipinski definition) is 6. The Hall–Kier alpha value is -2.49. The van der Waals surface area contributed by atoms with Crippen LogP contribution >= 0.6 is 24.8 Å². The number of rotatable bonds is 3. The van der Waals surface area contributed by atoms with E-state index in [1.54, 1.807) is 10.6 Å². The first-order valence-corrected chi connectivity index (χ1v) is 7.85. The Kier molecular flexibility index (Phi) is 6.53. The molecule has 3 heterocycles. The van der Waals surface area contributed by atoms with Crippen LogP contribution in [0.3, 0.4) is 0 Å². The highest BCUT2D eigenvalue weighted by Crippen LogP contribution is 2.24. The van der Waals surface area contributed by atoms with E-state index in [0.717, 1.165) is 12.1 Å². The molecule has 0 saturated carbocycles. The van der Waals surface area contributed by atoms with Gasteiger partial charge in [0.05, 0.1) is 12.0 Å². The van der Waals surface area contributed by atoms with Gasteiger partial charge in [0.1, 0.15) is 24.2 Å². The second kappa shape index (κ2) is 8.47. The van der Waals surface area contributed by atoms with Crippen LogP contribution in [0.5, 0.6) is 0 Å². The molecule has 1 aliphatic heterocycles. The van der Waals surface area contributed by atoms with Crippen molar-refractivity contribution in [1.82, 2.24) is 24.8 Å². The molecule has 4 rings (SSSR count). The number of benzene rings is 1. The lowest BCUT2D eigenvalue weighted by Crippen LogP contribution is -2.25. The average Bonchev–Trinajstić information content (AvgIpc) is 3.02. The van der Waals surface area contributed by atoms with Crippen molar-refractivity contribution in [3.05, 3.63) is 41.7 Å². The molecule has 0 fully saturated rings. The van der Waals surface area contributed by atoms with Crippen LogP contribution in [0.1, 0.15) is 11.1 Å². The first-order chi connectivity index (χ1) is 12.1. The second-order valence-electron chi connectivity index (χ2n) is 5.84. The number of imidazole rings is 1. The van der Waals surface area contributed by atoms with Gasteiger partial charge in [-0.2, -0.15) is 0 Å². The maximum atomic E-state index is 14.6. The van der Waals surface area contributed by atoms with Gasteiger partial charge in [0.2, 0.25) is 5.91 Å². The summed E-state index contributed by atoms with van der Waals surface area (Å²) in [5, 5.41) is 5.81. The molecule has 0 saturated heterocycles. The second-order valence-corrected chi connectivity index (χ2v) is 5.84. The summed E-state index contributed by atoms with van der Waals surface area (Å²) in [6, 6.07) is 3.42. The number of aromatic nitrogens is 4. The number of nitrogen functional groups attached to an aromatic ring is 1. The molecule has 0 radical (unpaired) electrons. The molecular weight excluding hydrogens is 396 g/mol. The largest absolute Gasteiger partial charge is 0.382 e. The molecule has 0 atom stereocenters. The standard InChI is InChI=1S/C16H16FN7O.2ClH/c17-13-10-3-4-19-5-9(10)1-2-11(13)23-12(25)6-24-8-22-14-15(18)20-7-21-16(14)24;;/h1-2,7-8,19H,3-6H2,(H,23,25)(H2,18,20,21);2*1H. The fourth-order valence-corrected chi connectivity index (χ4v) is 2.99. The van der Waals surface area contributed by atoms with Gasteiger partial charge in [-0.3, -0.25) is 4.79 Å². The number of carbonyl (C=O) groups is 1. The third-order valence-electron chi connectivity index (χ3n) is 4.23. The van der Waals surface area contributed by atoms with Gasteiger partial charge in [-0.15, -0.1) is 24.8 Å². The van der Waals surface area contributed by atoms with E-state index in [2.05, 4.69) is 25.6 Å². The molecule has 0 aliphatic carbocycles. The SMILES string of the molecule is Cl.Cl.Nc1ncnc2c1ncn2CC(=O)Nc1ccc2c(c1F)CCNC2. The third-order valence-corrected chi connectivity index (χ3v) is 4.23. The van der Waals surface area contributed by atoms with Gasteiger partial charge in [0, 0.05) is 6.54 Å². The van der Waals surface area contributed by atoms with E-state index < -0.39 is 0 Å². The Morgan fingerprint density at radius 3 is 2.93 bits per heavy atom. The number of amides is 1. The minimum Gasteiger partial charge on any atom is -0.382 e. The van der Waals surface area contributed by atoms with Crippen LogP contribution in [0, 0.1) is 5.82 Å². The van der Waals surface area contributed by atoms with Crippen molar-refractivity contribution in [2.45, 2.75) is 19.5 Å². The summed E-state index contributed by atoms with van der Waals surface area (Å²) in [6.45, 7) is 1.32. The van der Waals surface area contributed by atoms with Crippen LogP contribution in [0.15, 0.2) is 24.8 Å². The predicted octanol–water partition coefficient (Wildman–Crippen LogP) is 1.68. The maximum Gasteiger partial charge on any atom is 0.244 e. The third kappa shape index (κ3) is 3.95. The van der Waals surface area contributed by atoms with Crippen molar-refractivity contribution in [1.29, 1.82) is 0 Å². The zero-order valence-corrected chi connectivity index (χ0v) is 15.7. The van der Waals surface area contributed by atoms with Crippen molar-refractivity contribution in [2.24, 2.45) is 0 Å². The Morgan fingerprint density at radius 1 is 1.30 bits per heavy atom. The molecule has 3 aromatic rings. The molecule has 144 valence electrons. The highest BCUT2D eigenvalue weighted by Gasteiger charge is 2.18. The normalized spacial score (nSPS) is 12.6. The summed E-state index contributed by atoms with van der Waals surface area (Å²) in [4.78, 5) is 24.4. The first kappa shape index (κ1) is 20.8. The van der Waals surface area contributed by atoms with E-state index in [1.165, 1.54) is 12.7 Å². The van der Waals surface area contributed by atoms with Gasteiger partial charge in [-0.1, -0.05) is 6.07 Å². The van der Waals surface area contributed by atoms with Gasteiger partial charge < -0.3 is 20.9 Å². The number of halogens is 3. The molecule has 27 heavy (non-hydrogen) atoms. The topological polar surface area (TPSA) is 111 Å². The van der Waals surface area contributed by atoms with Gasteiger partial charge in [0.15, 0.2) is 11.5 Å². The van der Waals surface area contributed by atoms with Gasteiger partial charge >= 0.3 is 0 Å². The summed E-state index contributed by atoms with van der Waals surface area (Å²) in [5.74, 6) is -0.489. The quantitative estimate of drug-likeness (QED) is 0.602. The summed E-state index contributed by atoms with van der Waals surface area (Å²) in [5.41, 5.74) is 8.38. The zero-order valence-electron chi connectivity index (χ0n) is 14.1. The Morgan fingerprint density at radius 2 is 2.11 bits per heavy atom. The van der Waals surface area contributed by atoms with E-state index in [0.29, 0.717) is 29.7 Å². The molecule has 1 amide bonds. The van der Waals surface area contributed by atoms with Crippen molar-refractivity contribution < 1.29 is 9.18 Å². The number of hydrogen-bond donors (Lipinski definition) is 3. The lowest BCUT2D eigenvalue weighted by atomic mass is 9.99. The van der Waals surface area contributed by atoms with E-state index in [-0.39, 0.29) is 54.6 Å². The van der Waals surface area contributed by atoms with Crippen molar-refractivity contribution >= 4 is 53.4 Å². The minimum atomic E-state index is -0.371. The smallest absolute Gasteiger partial charge is 0.244 e. The summed E-state index contributed by atoms with van der Waals surface area (Å²) in [7, 11) is 0. The Balaban J connectivity index is 0.00000131. The molecule has 2 aromatic heterocycles. The molecule has 8 nitrogen and oxygen atoms in total. The molecule has 0 bridgehead atoms. The van der Waals surface area contributed by atoms with Crippen LogP contribution in [0.2, 0.25) is 0 Å². The number of anilines is 2. The summed E-state index contributed by atoms with van der Waals surface area (Å²) >= 11 is 0. The van der Waals surface area contributed by atoms with Gasteiger partial charge in [0.25, 0.3) is 0 Å². The zero-order chi connectivity index (χ0) is 17.4. The summed E-state index contributed by atoms with van der Waals surface area (Å²) < 4.78 is 16.1. The lowest BCUT2D eigenvalue weighted by molar-refractivity contribution is -0.116. The number of nitrogens with zero attached hydrogens (tertiary/aromatic N) is 4. The molecule has 11 heteroatoms. The van der Waals surface area contributed by atoms with Crippen LogP contribution in [0.25, 0.3) is 11.2 Å². The molecule has 0 spiro atoms. The lowest BCUT2D eigenvalue weighted by Gasteiger charge is -2.19. The number of nitrogens with two attached hydrogens (primary N) is 1. The monoisotopic (exact) mass is 413 g/mol. The molecule has 1 aliphatic rings.